The number of imidazole rings is 1. The number of hydrogen-bond donors (Lipinski definition) is 0. The number of ether oxygens (including phenoxy) is 1. The molecule has 0 bridgehead atoms. The van der Waals surface area contributed by atoms with Gasteiger partial charge in [-0.2, -0.15) is 13.2 Å². The topological polar surface area (TPSA) is 43.6 Å². The van der Waals surface area contributed by atoms with E-state index in [1.165, 1.54) is 7.11 Å². The standard InChI is InChI=1S/C16H10ClF3N2O2/c1-24-11-4-2-3-9(5-11)14-13(8-23)22-7-10(16(18,19)20)6-12(17)15(22)21-14/h2-8H,1H3. The summed E-state index contributed by atoms with van der Waals surface area (Å²) in [6, 6.07) is 7.49. The second-order valence-corrected chi connectivity index (χ2v) is 5.37. The minimum atomic E-state index is -4.58. The molecular formula is C16H10ClF3N2O2. The second-order valence-electron chi connectivity index (χ2n) is 4.96. The summed E-state index contributed by atoms with van der Waals surface area (Å²) in [5.74, 6) is 0.531. The highest BCUT2D eigenvalue weighted by Crippen LogP contribution is 2.34. The molecule has 0 N–H and O–H groups in total. The molecule has 0 aliphatic rings. The summed E-state index contributed by atoms with van der Waals surface area (Å²) in [7, 11) is 1.48. The van der Waals surface area contributed by atoms with Gasteiger partial charge in [0.05, 0.1) is 17.7 Å². The van der Waals surface area contributed by atoms with Crippen LogP contribution in [0.5, 0.6) is 5.75 Å². The molecule has 0 fully saturated rings. The van der Waals surface area contributed by atoms with E-state index < -0.39 is 11.7 Å². The van der Waals surface area contributed by atoms with Crippen molar-refractivity contribution in [3.63, 3.8) is 0 Å². The fourth-order valence-electron chi connectivity index (χ4n) is 2.37. The maximum atomic E-state index is 13.0. The Kier molecular flexibility index (Phi) is 3.96. The first-order valence-electron chi connectivity index (χ1n) is 6.73. The minimum absolute atomic E-state index is 0.0220. The van der Waals surface area contributed by atoms with E-state index >= 15 is 0 Å². The molecule has 8 heteroatoms. The highest BCUT2D eigenvalue weighted by atomic mass is 35.5. The average Bonchev–Trinajstić information content (AvgIpc) is 2.93. The molecule has 3 aromatic rings. The number of rotatable bonds is 3. The zero-order chi connectivity index (χ0) is 17.5. The molecule has 124 valence electrons. The third-order valence-electron chi connectivity index (χ3n) is 3.49. The van der Waals surface area contributed by atoms with Crippen LogP contribution >= 0.6 is 11.6 Å². The van der Waals surface area contributed by atoms with E-state index in [9.17, 15) is 18.0 Å². The lowest BCUT2D eigenvalue weighted by Crippen LogP contribution is -2.07. The molecule has 0 saturated heterocycles. The molecule has 0 amide bonds. The largest absolute Gasteiger partial charge is 0.497 e. The summed E-state index contributed by atoms with van der Waals surface area (Å²) >= 11 is 5.93. The van der Waals surface area contributed by atoms with Gasteiger partial charge in [-0.25, -0.2) is 4.98 Å². The lowest BCUT2D eigenvalue weighted by molar-refractivity contribution is -0.137. The number of nitrogens with zero attached hydrogens (tertiary/aromatic N) is 2. The number of benzene rings is 1. The molecule has 0 spiro atoms. The summed E-state index contributed by atoms with van der Waals surface area (Å²) in [6.07, 6.45) is -3.33. The quantitative estimate of drug-likeness (QED) is 0.651. The van der Waals surface area contributed by atoms with Crippen molar-refractivity contribution in [2.24, 2.45) is 0 Å². The van der Waals surface area contributed by atoms with E-state index in [2.05, 4.69) is 4.98 Å². The highest BCUT2D eigenvalue weighted by molar-refractivity contribution is 6.33. The van der Waals surface area contributed by atoms with Crippen LogP contribution in [-0.4, -0.2) is 22.8 Å². The van der Waals surface area contributed by atoms with Gasteiger partial charge in [-0.3, -0.25) is 9.20 Å². The summed E-state index contributed by atoms with van der Waals surface area (Å²) in [4.78, 5) is 15.7. The number of carbonyl (C=O) groups excluding carboxylic acids is 1. The van der Waals surface area contributed by atoms with Crippen LogP contribution in [0.25, 0.3) is 16.9 Å². The maximum Gasteiger partial charge on any atom is 0.417 e. The Labute approximate surface area is 139 Å². The SMILES string of the molecule is COc1cccc(-c2nc3c(Cl)cc(C(F)(F)F)cn3c2C=O)c1. The van der Waals surface area contributed by atoms with Crippen molar-refractivity contribution in [3.8, 4) is 17.0 Å². The Hall–Kier alpha value is -2.54. The molecule has 3 rings (SSSR count). The minimum Gasteiger partial charge on any atom is -0.497 e. The van der Waals surface area contributed by atoms with Crippen molar-refractivity contribution in [3.05, 3.63) is 52.8 Å². The van der Waals surface area contributed by atoms with Gasteiger partial charge in [0.25, 0.3) is 0 Å². The van der Waals surface area contributed by atoms with E-state index in [4.69, 9.17) is 16.3 Å². The maximum absolute atomic E-state index is 13.0. The Bertz CT molecular complexity index is 935. The lowest BCUT2D eigenvalue weighted by Gasteiger charge is -2.08. The molecule has 0 unspecified atom stereocenters. The first-order chi connectivity index (χ1) is 11.3. The van der Waals surface area contributed by atoms with Gasteiger partial charge in [0.2, 0.25) is 0 Å². The van der Waals surface area contributed by atoms with Crippen molar-refractivity contribution in [2.75, 3.05) is 7.11 Å². The normalized spacial score (nSPS) is 11.7. The van der Waals surface area contributed by atoms with Crippen molar-refractivity contribution < 1.29 is 22.7 Å². The number of fused-ring (bicyclic) bond motifs is 1. The van der Waals surface area contributed by atoms with Crippen molar-refractivity contribution in [1.29, 1.82) is 0 Å². The zero-order valence-electron chi connectivity index (χ0n) is 12.3. The Morgan fingerprint density at radius 1 is 1.29 bits per heavy atom. The Balaban J connectivity index is 2.30. The molecule has 0 aliphatic heterocycles. The van der Waals surface area contributed by atoms with Crippen LogP contribution in [0.1, 0.15) is 16.1 Å². The van der Waals surface area contributed by atoms with Crippen LogP contribution in [0.2, 0.25) is 5.02 Å². The molecule has 0 radical (unpaired) electrons. The zero-order valence-corrected chi connectivity index (χ0v) is 13.0. The van der Waals surface area contributed by atoms with Crippen LogP contribution in [0.15, 0.2) is 36.5 Å². The number of halogens is 4. The smallest absolute Gasteiger partial charge is 0.417 e. The summed E-state index contributed by atoms with van der Waals surface area (Å²) in [5.41, 5.74) is -0.150. The molecule has 2 heterocycles. The molecule has 1 aromatic carbocycles. The van der Waals surface area contributed by atoms with E-state index in [-0.39, 0.29) is 22.1 Å². The van der Waals surface area contributed by atoms with Gasteiger partial charge in [0, 0.05) is 11.8 Å². The predicted molar refractivity (Wildman–Crippen MR) is 82.6 cm³/mol. The number of alkyl halides is 3. The number of aldehydes is 1. The van der Waals surface area contributed by atoms with Gasteiger partial charge in [0.15, 0.2) is 11.9 Å². The van der Waals surface area contributed by atoms with Gasteiger partial charge >= 0.3 is 6.18 Å². The number of methoxy groups -OCH3 is 1. The van der Waals surface area contributed by atoms with E-state index in [0.29, 0.717) is 17.6 Å². The van der Waals surface area contributed by atoms with Gasteiger partial charge in [-0.15, -0.1) is 0 Å². The third-order valence-corrected chi connectivity index (χ3v) is 3.77. The van der Waals surface area contributed by atoms with Crippen molar-refractivity contribution in [2.45, 2.75) is 6.18 Å². The molecule has 0 aliphatic carbocycles. The van der Waals surface area contributed by atoms with E-state index in [1.54, 1.807) is 24.3 Å². The average molecular weight is 355 g/mol. The monoisotopic (exact) mass is 354 g/mol. The first-order valence-corrected chi connectivity index (χ1v) is 7.11. The predicted octanol–water partition coefficient (Wildman–Crippen LogP) is 4.49. The highest BCUT2D eigenvalue weighted by Gasteiger charge is 2.32. The summed E-state index contributed by atoms with van der Waals surface area (Å²) in [6.45, 7) is 0. The lowest BCUT2D eigenvalue weighted by atomic mass is 10.1. The van der Waals surface area contributed by atoms with Crippen LogP contribution in [-0.2, 0) is 6.18 Å². The van der Waals surface area contributed by atoms with Gasteiger partial charge in [-0.05, 0) is 18.2 Å². The molecule has 2 aromatic heterocycles. The molecule has 0 atom stereocenters. The van der Waals surface area contributed by atoms with Crippen LogP contribution in [0.3, 0.4) is 0 Å². The molecule has 4 nitrogen and oxygen atoms in total. The number of carbonyl (C=O) groups is 1. The molecule has 0 saturated carbocycles. The summed E-state index contributed by atoms with van der Waals surface area (Å²) < 4.78 is 45.1. The van der Waals surface area contributed by atoms with Crippen molar-refractivity contribution in [1.82, 2.24) is 9.38 Å². The summed E-state index contributed by atoms with van der Waals surface area (Å²) in [5, 5.41) is -0.193. The van der Waals surface area contributed by atoms with Crippen LogP contribution in [0.4, 0.5) is 13.2 Å². The molecular weight excluding hydrogens is 345 g/mol. The van der Waals surface area contributed by atoms with Crippen LogP contribution in [0, 0.1) is 0 Å². The Morgan fingerprint density at radius 2 is 2.04 bits per heavy atom. The van der Waals surface area contributed by atoms with E-state index in [0.717, 1.165) is 16.7 Å². The van der Waals surface area contributed by atoms with Crippen molar-refractivity contribution >= 4 is 23.5 Å². The second kappa shape index (κ2) is 5.83. The number of pyridine rings is 1. The fraction of sp³-hybridized carbons (Fsp3) is 0.125. The fourth-order valence-corrected chi connectivity index (χ4v) is 2.62. The Morgan fingerprint density at radius 3 is 2.67 bits per heavy atom. The first kappa shape index (κ1) is 16.3. The van der Waals surface area contributed by atoms with Crippen LogP contribution < -0.4 is 4.74 Å². The van der Waals surface area contributed by atoms with E-state index in [1.807, 2.05) is 0 Å². The van der Waals surface area contributed by atoms with Gasteiger partial charge in [0.1, 0.15) is 17.1 Å². The van der Waals surface area contributed by atoms with Gasteiger partial charge in [-0.1, -0.05) is 23.7 Å². The molecule has 24 heavy (non-hydrogen) atoms. The third kappa shape index (κ3) is 2.71. The van der Waals surface area contributed by atoms with Gasteiger partial charge < -0.3 is 4.74 Å². The number of hydrogen-bond acceptors (Lipinski definition) is 3. The number of aromatic nitrogens is 2.